The van der Waals surface area contributed by atoms with Crippen LogP contribution in [0.2, 0.25) is 10.0 Å². The zero-order valence-electron chi connectivity index (χ0n) is 14.9. The predicted octanol–water partition coefficient (Wildman–Crippen LogP) is 7.16. The van der Waals surface area contributed by atoms with Gasteiger partial charge >= 0.3 is 0 Å². The van der Waals surface area contributed by atoms with E-state index in [4.69, 9.17) is 27.9 Å². The third-order valence-corrected chi connectivity index (χ3v) is 5.54. The summed E-state index contributed by atoms with van der Waals surface area (Å²) in [4.78, 5) is 17.3. The highest BCUT2D eigenvalue weighted by Crippen LogP contribution is 2.31. The van der Waals surface area contributed by atoms with Gasteiger partial charge in [0, 0.05) is 10.9 Å². The first-order valence-corrected chi connectivity index (χ1v) is 10.3. The molecule has 1 N–H and O–H groups in total. The summed E-state index contributed by atoms with van der Waals surface area (Å²) in [6.07, 6.45) is 0. The average molecular weight is 441 g/mol. The largest absolute Gasteiger partial charge is 0.457 e. The van der Waals surface area contributed by atoms with Crippen molar-refractivity contribution in [3.63, 3.8) is 0 Å². The van der Waals surface area contributed by atoms with Crippen LogP contribution in [-0.4, -0.2) is 10.9 Å². The standard InChI is InChI=1S/C22H14Cl2N2O2S/c23-17-11-10-14(12-18(17)24)19-13-29-22(25-19)26-21(27)16-8-4-5-9-20(16)28-15-6-2-1-3-7-15/h1-13H,(H,25,26,27). The Labute approximate surface area is 181 Å². The molecular formula is C22H14Cl2N2O2S. The summed E-state index contributed by atoms with van der Waals surface area (Å²) in [6.45, 7) is 0. The Kier molecular flexibility index (Phi) is 5.81. The van der Waals surface area contributed by atoms with E-state index in [1.807, 2.05) is 47.8 Å². The maximum Gasteiger partial charge on any atom is 0.261 e. The molecule has 1 aromatic heterocycles. The van der Waals surface area contributed by atoms with Crippen LogP contribution in [-0.2, 0) is 0 Å². The van der Waals surface area contributed by atoms with Gasteiger partial charge in [-0.1, -0.05) is 59.6 Å². The number of para-hydroxylation sites is 2. The predicted molar refractivity (Wildman–Crippen MR) is 118 cm³/mol. The van der Waals surface area contributed by atoms with Crippen molar-refractivity contribution in [3.8, 4) is 22.8 Å². The molecule has 0 aliphatic heterocycles. The smallest absolute Gasteiger partial charge is 0.261 e. The second kappa shape index (κ2) is 8.66. The molecule has 0 aliphatic rings. The van der Waals surface area contributed by atoms with Crippen molar-refractivity contribution in [3.05, 3.63) is 93.8 Å². The number of carbonyl (C=O) groups excluding carboxylic acids is 1. The van der Waals surface area contributed by atoms with Gasteiger partial charge in [0.25, 0.3) is 5.91 Å². The molecule has 0 unspecified atom stereocenters. The van der Waals surface area contributed by atoms with Gasteiger partial charge in [-0.3, -0.25) is 10.1 Å². The number of nitrogens with zero attached hydrogens (tertiary/aromatic N) is 1. The number of nitrogens with one attached hydrogen (secondary N) is 1. The zero-order valence-corrected chi connectivity index (χ0v) is 17.3. The molecule has 7 heteroatoms. The van der Waals surface area contributed by atoms with Gasteiger partial charge in [0.2, 0.25) is 0 Å². The Morgan fingerprint density at radius 2 is 1.69 bits per heavy atom. The molecule has 0 atom stereocenters. The van der Waals surface area contributed by atoms with Crippen LogP contribution in [0.1, 0.15) is 10.4 Å². The van der Waals surface area contributed by atoms with Gasteiger partial charge in [-0.15, -0.1) is 11.3 Å². The summed E-state index contributed by atoms with van der Waals surface area (Å²) in [5, 5.41) is 6.09. The number of thiazole rings is 1. The molecule has 4 aromatic rings. The fourth-order valence-corrected chi connectivity index (χ4v) is 3.66. The SMILES string of the molecule is O=C(Nc1nc(-c2ccc(Cl)c(Cl)c2)cs1)c1ccccc1Oc1ccccc1. The van der Waals surface area contributed by atoms with Crippen LogP contribution in [0, 0.1) is 0 Å². The van der Waals surface area contributed by atoms with Gasteiger partial charge in [-0.25, -0.2) is 4.98 Å². The number of ether oxygens (including phenoxy) is 1. The van der Waals surface area contributed by atoms with E-state index in [1.54, 1.807) is 30.3 Å². The lowest BCUT2D eigenvalue weighted by Gasteiger charge is -2.10. The molecule has 4 nitrogen and oxygen atoms in total. The van der Waals surface area contributed by atoms with E-state index < -0.39 is 0 Å². The minimum atomic E-state index is -0.299. The molecule has 144 valence electrons. The van der Waals surface area contributed by atoms with E-state index in [0.717, 1.165) is 5.56 Å². The lowest BCUT2D eigenvalue weighted by Crippen LogP contribution is -2.12. The molecule has 0 saturated carbocycles. The van der Waals surface area contributed by atoms with Gasteiger partial charge in [-0.2, -0.15) is 0 Å². The van der Waals surface area contributed by atoms with Crippen molar-refractivity contribution in [2.24, 2.45) is 0 Å². The van der Waals surface area contributed by atoms with Crippen molar-refractivity contribution < 1.29 is 9.53 Å². The molecule has 0 radical (unpaired) electrons. The Morgan fingerprint density at radius 3 is 2.48 bits per heavy atom. The third-order valence-electron chi connectivity index (χ3n) is 4.04. The lowest BCUT2D eigenvalue weighted by atomic mass is 10.2. The first kappa shape index (κ1) is 19.5. The second-order valence-electron chi connectivity index (χ2n) is 6.03. The van der Waals surface area contributed by atoms with E-state index in [0.29, 0.717) is 37.9 Å². The monoisotopic (exact) mass is 440 g/mol. The number of benzene rings is 3. The van der Waals surface area contributed by atoms with Crippen molar-refractivity contribution in [1.82, 2.24) is 4.98 Å². The van der Waals surface area contributed by atoms with Crippen molar-refractivity contribution >= 4 is 45.6 Å². The number of hydrogen-bond acceptors (Lipinski definition) is 4. The van der Waals surface area contributed by atoms with E-state index in [9.17, 15) is 4.79 Å². The van der Waals surface area contributed by atoms with Crippen LogP contribution in [0.5, 0.6) is 11.5 Å². The second-order valence-corrected chi connectivity index (χ2v) is 7.70. The van der Waals surface area contributed by atoms with E-state index in [-0.39, 0.29) is 5.91 Å². The Hall–Kier alpha value is -2.86. The number of amides is 1. The highest BCUT2D eigenvalue weighted by atomic mass is 35.5. The van der Waals surface area contributed by atoms with Gasteiger partial charge in [0.15, 0.2) is 5.13 Å². The zero-order chi connectivity index (χ0) is 20.2. The third kappa shape index (κ3) is 4.59. The molecule has 0 aliphatic carbocycles. The normalized spacial score (nSPS) is 10.6. The quantitative estimate of drug-likeness (QED) is 0.358. The summed E-state index contributed by atoms with van der Waals surface area (Å²) in [6, 6.07) is 21.7. The van der Waals surface area contributed by atoms with Crippen LogP contribution in [0.3, 0.4) is 0 Å². The fourth-order valence-electron chi connectivity index (χ4n) is 2.64. The molecule has 0 fully saturated rings. The number of anilines is 1. The van der Waals surface area contributed by atoms with E-state index in [1.165, 1.54) is 11.3 Å². The van der Waals surface area contributed by atoms with Gasteiger partial charge in [0.1, 0.15) is 11.5 Å². The number of hydrogen-bond donors (Lipinski definition) is 1. The minimum Gasteiger partial charge on any atom is -0.457 e. The summed E-state index contributed by atoms with van der Waals surface area (Å²) in [5.41, 5.74) is 1.95. The molecule has 3 aromatic carbocycles. The lowest BCUT2D eigenvalue weighted by molar-refractivity contribution is 0.102. The maximum absolute atomic E-state index is 12.8. The number of carbonyl (C=O) groups is 1. The van der Waals surface area contributed by atoms with E-state index >= 15 is 0 Å². The molecular weight excluding hydrogens is 427 g/mol. The van der Waals surface area contributed by atoms with Gasteiger partial charge in [-0.05, 0) is 36.4 Å². The Balaban J connectivity index is 1.53. The molecule has 0 saturated heterocycles. The topological polar surface area (TPSA) is 51.2 Å². The maximum atomic E-state index is 12.8. The Bertz CT molecular complexity index is 1160. The van der Waals surface area contributed by atoms with Crippen molar-refractivity contribution in [1.29, 1.82) is 0 Å². The van der Waals surface area contributed by atoms with Crippen LogP contribution in [0.4, 0.5) is 5.13 Å². The number of aromatic nitrogens is 1. The molecule has 4 rings (SSSR count). The van der Waals surface area contributed by atoms with Crippen LogP contribution in [0.15, 0.2) is 78.2 Å². The summed E-state index contributed by atoms with van der Waals surface area (Å²) >= 11 is 13.4. The van der Waals surface area contributed by atoms with Gasteiger partial charge in [0.05, 0.1) is 21.3 Å². The summed E-state index contributed by atoms with van der Waals surface area (Å²) in [7, 11) is 0. The average Bonchev–Trinajstić information content (AvgIpc) is 3.19. The number of rotatable bonds is 5. The number of halogens is 2. The Morgan fingerprint density at radius 1 is 0.931 bits per heavy atom. The first-order valence-electron chi connectivity index (χ1n) is 8.64. The van der Waals surface area contributed by atoms with E-state index in [2.05, 4.69) is 10.3 Å². The van der Waals surface area contributed by atoms with Crippen LogP contribution in [0.25, 0.3) is 11.3 Å². The molecule has 29 heavy (non-hydrogen) atoms. The van der Waals surface area contributed by atoms with Gasteiger partial charge < -0.3 is 4.74 Å². The molecule has 0 spiro atoms. The van der Waals surface area contributed by atoms with Crippen molar-refractivity contribution in [2.75, 3.05) is 5.32 Å². The molecule has 0 bridgehead atoms. The molecule has 1 heterocycles. The van der Waals surface area contributed by atoms with Crippen molar-refractivity contribution in [2.45, 2.75) is 0 Å². The fraction of sp³-hybridized carbons (Fsp3) is 0. The van der Waals surface area contributed by atoms with Crippen LogP contribution < -0.4 is 10.1 Å². The first-order chi connectivity index (χ1) is 14.1. The van der Waals surface area contributed by atoms with Crippen LogP contribution >= 0.6 is 34.5 Å². The summed E-state index contributed by atoms with van der Waals surface area (Å²) < 4.78 is 5.86. The highest BCUT2D eigenvalue weighted by Gasteiger charge is 2.15. The molecule has 1 amide bonds. The summed E-state index contributed by atoms with van der Waals surface area (Å²) in [5.74, 6) is 0.827. The highest BCUT2D eigenvalue weighted by molar-refractivity contribution is 7.14. The minimum absolute atomic E-state index is 0.299.